The number of hydrogen-bond acceptors (Lipinski definition) is 6. The Balaban J connectivity index is 1.88. The van der Waals surface area contributed by atoms with Gasteiger partial charge in [-0.05, 0) is 55.3 Å². The summed E-state index contributed by atoms with van der Waals surface area (Å²) in [6.07, 6.45) is 3.03. The van der Waals surface area contributed by atoms with Gasteiger partial charge in [0.1, 0.15) is 11.5 Å². The van der Waals surface area contributed by atoms with E-state index in [1.807, 2.05) is 66.9 Å². The molecule has 0 aliphatic rings. The molecule has 1 amide bonds. The Labute approximate surface area is 263 Å². The summed E-state index contributed by atoms with van der Waals surface area (Å²) in [5, 5.41) is 21.1. The summed E-state index contributed by atoms with van der Waals surface area (Å²) in [6, 6.07) is 21.2. The van der Waals surface area contributed by atoms with E-state index < -0.39 is 18.2 Å². The summed E-state index contributed by atoms with van der Waals surface area (Å²) in [5.41, 5.74) is 4.86. The standard InChI is InChI=1S/C36H40FN3O5/c1-24(2)40-31(18-17-29(41)22-30(42)23-32(43)45-4)33(26-13-15-27(37)16-14-26)34(25-10-6-5-7-11-25)35(40)36(44)39(3)21-19-28-12-8-9-20-38-28/h5-18,20,24,29-30,41-42H,19,21-23H2,1-4H3/t29-,30-/m1/s1. The first-order chi connectivity index (χ1) is 21.6. The van der Waals surface area contributed by atoms with Gasteiger partial charge in [0.15, 0.2) is 0 Å². The lowest BCUT2D eigenvalue weighted by Crippen LogP contribution is -2.31. The van der Waals surface area contributed by atoms with E-state index in [0.717, 1.165) is 11.3 Å². The zero-order valence-corrected chi connectivity index (χ0v) is 26.1. The minimum atomic E-state index is -1.10. The van der Waals surface area contributed by atoms with Crippen LogP contribution < -0.4 is 0 Å². The highest BCUT2D eigenvalue weighted by Gasteiger charge is 2.31. The number of ether oxygens (including phenoxy) is 1. The molecule has 4 aromatic rings. The number of halogens is 1. The summed E-state index contributed by atoms with van der Waals surface area (Å²) in [4.78, 5) is 32.1. The van der Waals surface area contributed by atoms with E-state index >= 15 is 0 Å². The lowest BCUT2D eigenvalue weighted by Gasteiger charge is -2.22. The molecular weight excluding hydrogens is 573 g/mol. The Morgan fingerprint density at radius 3 is 2.27 bits per heavy atom. The summed E-state index contributed by atoms with van der Waals surface area (Å²) in [5.74, 6) is -1.16. The first-order valence-electron chi connectivity index (χ1n) is 15.0. The lowest BCUT2D eigenvalue weighted by atomic mass is 9.94. The number of carbonyl (C=O) groups is 2. The second-order valence-electron chi connectivity index (χ2n) is 11.2. The maximum atomic E-state index is 14.4. The van der Waals surface area contributed by atoms with Gasteiger partial charge in [-0.1, -0.05) is 54.6 Å². The minimum Gasteiger partial charge on any atom is -0.469 e. The monoisotopic (exact) mass is 613 g/mol. The average molecular weight is 614 g/mol. The van der Waals surface area contributed by atoms with Crippen molar-refractivity contribution in [2.24, 2.45) is 0 Å². The van der Waals surface area contributed by atoms with Crippen LogP contribution in [0.15, 0.2) is 85.1 Å². The topological polar surface area (TPSA) is 105 Å². The van der Waals surface area contributed by atoms with Crippen molar-refractivity contribution >= 4 is 18.0 Å². The van der Waals surface area contributed by atoms with Crippen molar-refractivity contribution in [3.63, 3.8) is 0 Å². The molecule has 0 aliphatic carbocycles. The summed E-state index contributed by atoms with van der Waals surface area (Å²) in [6.45, 7) is 4.38. The van der Waals surface area contributed by atoms with Gasteiger partial charge in [0.2, 0.25) is 0 Å². The molecule has 0 fully saturated rings. The third kappa shape index (κ3) is 8.32. The van der Waals surface area contributed by atoms with Gasteiger partial charge in [-0.15, -0.1) is 0 Å². The van der Waals surface area contributed by atoms with Crippen molar-refractivity contribution in [2.75, 3.05) is 20.7 Å². The largest absolute Gasteiger partial charge is 0.469 e. The minimum absolute atomic E-state index is 0.0898. The van der Waals surface area contributed by atoms with E-state index in [2.05, 4.69) is 9.72 Å². The zero-order chi connectivity index (χ0) is 32.5. The fourth-order valence-corrected chi connectivity index (χ4v) is 5.34. The smallest absolute Gasteiger partial charge is 0.308 e. The van der Waals surface area contributed by atoms with Crippen LogP contribution in [-0.4, -0.2) is 69.5 Å². The van der Waals surface area contributed by atoms with E-state index in [9.17, 15) is 24.2 Å². The number of likely N-dealkylation sites (N-methyl/N-ethyl adjacent to an activating group) is 1. The van der Waals surface area contributed by atoms with Crippen LogP contribution in [0.2, 0.25) is 0 Å². The SMILES string of the molecule is COC(=O)C[C@H](O)C[C@H](O)C=Cc1c(-c2ccc(F)cc2)c(-c2ccccc2)c(C(=O)N(C)CCc2ccccn2)n1C(C)C. The van der Waals surface area contributed by atoms with Crippen LogP contribution in [0.1, 0.15) is 54.6 Å². The summed E-state index contributed by atoms with van der Waals surface area (Å²) >= 11 is 0. The van der Waals surface area contributed by atoms with Gasteiger partial charge >= 0.3 is 5.97 Å². The molecule has 45 heavy (non-hydrogen) atoms. The molecule has 9 heteroatoms. The number of esters is 1. The van der Waals surface area contributed by atoms with Gasteiger partial charge in [0, 0.05) is 61.2 Å². The second kappa shape index (κ2) is 15.4. The molecular formula is C36H40FN3O5. The molecule has 2 aromatic carbocycles. The Morgan fingerprint density at radius 2 is 1.64 bits per heavy atom. The number of aliphatic hydroxyl groups is 2. The number of benzene rings is 2. The third-order valence-corrected chi connectivity index (χ3v) is 7.55. The molecule has 0 saturated carbocycles. The predicted octanol–water partition coefficient (Wildman–Crippen LogP) is 5.94. The van der Waals surface area contributed by atoms with E-state index in [1.165, 1.54) is 25.3 Å². The van der Waals surface area contributed by atoms with Crippen LogP contribution in [0.3, 0.4) is 0 Å². The molecule has 2 heterocycles. The van der Waals surface area contributed by atoms with Crippen molar-refractivity contribution in [3.8, 4) is 22.3 Å². The highest BCUT2D eigenvalue weighted by molar-refractivity contribution is 6.06. The number of hydrogen-bond donors (Lipinski definition) is 2. The number of nitrogens with zero attached hydrogens (tertiary/aromatic N) is 3. The molecule has 2 atom stereocenters. The average Bonchev–Trinajstić information content (AvgIpc) is 3.38. The van der Waals surface area contributed by atoms with Crippen LogP contribution in [0.4, 0.5) is 4.39 Å². The Hall–Kier alpha value is -4.60. The maximum Gasteiger partial charge on any atom is 0.308 e. The van der Waals surface area contributed by atoms with Gasteiger partial charge in [-0.3, -0.25) is 14.6 Å². The van der Waals surface area contributed by atoms with Gasteiger partial charge < -0.3 is 24.4 Å². The van der Waals surface area contributed by atoms with Crippen molar-refractivity contribution in [2.45, 2.75) is 51.4 Å². The van der Waals surface area contributed by atoms with Crippen molar-refractivity contribution < 1.29 is 28.9 Å². The third-order valence-electron chi connectivity index (χ3n) is 7.55. The normalized spacial score (nSPS) is 12.8. The molecule has 236 valence electrons. The number of carbonyl (C=O) groups excluding carboxylic acids is 2. The lowest BCUT2D eigenvalue weighted by molar-refractivity contribution is -0.143. The van der Waals surface area contributed by atoms with E-state index in [1.54, 1.807) is 36.4 Å². The molecule has 0 saturated heterocycles. The Bertz CT molecular complexity index is 1600. The number of amides is 1. The highest BCUT2D eigenvalue weighted by atomic mass is 19.1. The van der Waals surface area contributed by atoms with E-state index in [-0.39, 0.29) is 30.6 Å². The molecule has 0 unspecified atom stereocenters. The molecule has 0 aliphatic heterocycles. The highest BCUT2D eigenvalue weighted by Crippen LogP contribution is 2.43. The number of methoxy groups -OCH3 is 1. The van der Waals surface area contributed by atoms with Crippen LogP contribution in [0.5, 0.6) is 0 Å². The fourth-order valence-electron chi connectivity index (χ4n) is 5.34. The molecule has 4 rings (SSSR count). The van der Waals surface area contributed by atoms with Crippen molar-refractivity contribution in [1.82, 2.24) is 14.5 Å². The van der Waals surface area contributed by atoms with Crippen molar-refractivity contribution in [1.29, 1.82) is 0 Å². The first-order valence-corrected chi connectivity index (χ1v) is 15.0. The van der Waals surface area contributed by atoms with Crippen molar-refractivity contribution in [3.05, 3.63) is 108 Å². The Kier molecular flexibility index (Phi) is 11.4. The van der Waals surface area contributed by atoms with E-state index in [4.69, 9.17) is 0 Å². The van der Waals surface area contributed by atoms with Gasteiger partial charge in [-0.2, -0.15) is 0 Å². The number of rotatable bonds is 13. The molecule has 2 aromatic heterocycles. The predicted molar refractivity (Wildman–Crippen MR) is 173 cm³/mol. The van der Waals surface area contributed by atoms with Crippen LogP contribution in [0.25, 0.3) is 28.3 Å². The first kappa shape index (κ1) is 33.3. The number of pyridine rings is 1. The maximum absolute atomic E-state index is 14.4. The fraction of sp³-hybridized carbons (Fsp3) is 0.306. The molecule has 0 bridgehead atoms. The van der Waals surface area contributed by atoms with E-state index in [0.29, 0.717) is 41.0 Å². The molecule has 8 nitrogen and oxygen atoms in total. The zero-order valence-electron chi connectivity index (χ0n) is 26.1. The van der Waals surface area contributed by atoms with Crippen LogP contribution in [-0.2, 0) is 16.0 Å². The quantitative estimate of drug-likeness (QED) is 0.181. The number of aromatic nitrogens is 2. The number of aliphatic hydroxyl groups excluding tert-OH is 2. The molecule has 0 spiro atoms. The summed E-state index contributed by atoms with van der Waals surface area (Å²) < 4.78 is 20.7. The van der Waals surface area contributed by atoms with Gasteiger partial charge in [0.25, 0.3) is 5.91 Å². The van der Waals surface area contributed by atoms with Gasteiger partial charge in [0.05, 0.1) is 25.7 Å². The molecule has 0 radical (unpaired) electrons. The summed E-state index contributed by atoms with van der Waals surface area (Å²) in [7, 11) is 3.00. The Morgan fingerprint density at radius 1 is 0.978 bits per heavy atom. The molecule has 2 N–H and O–H groups in total. The van der Waals surface area contributed by atoms with Crippen LogP contribution >= 0.6 is 0 Å². The van der Waals surface area contributed by atoms with Crippen LogP contribution in [0, 0.1) is 5.82 Å². The van der Waals surface area contributed by atoms with Gasteiger partial charge in [-0.25, -0.2) is 4.39 Å². The second-order valence-corrected chi connectivity index (χ2v) is 11.2.